The number of carbonyl (C=O) groups excluding carboxylic acids is 1. The van der Waals surface area contributed by atoms with Crippen molar-refractivity contribution in [1.29, 1.82) is 0 Å². The van der Waals surface area contributed by atoms with Gasteiger partial charge in [-0.3, -0.25) is 4.79 Å². The molecule has 64 valence electrons. The predicted molar refractivity (Wildman–Crippen MR) is 44.3 cm³/mol. The van der Waals surface area contributed by atoms with E-state index < -0.39 is 0 Å². The van der Waals surface area contributed by atoms with Crippen LogP contribution in [0.3, 0.4) is 0 Å². The summed E-state index contributed by atoms with van der Waals surface area (Å²) < 4.78 is 0. The van der Waals surface area contributed by atoms with Gasteiger partial charge in [0, 0.05) is 18.6 Å². The van der Waals surface area contributed by atoms with E-state index in [1.54, 1.807) is 0 Å². The van der Waals surface area contributed by atoms with E-state index in [4.69, 9.17) is 0 Å². The maximum absolute atomic E-state index is 11.3. The largest absolute Gasteiger partial charge is 0.351 e. The fraction of sp³-hybridized carbons (Fsp3) is 0.875. The molecule has 0 aromatic rings. The second-order valence-corrected chi connectivity index (χ2v) is 4.09. The minimum absolute atomic E-state index is 0.0906. The molecule has 0 radical (unpaired) electrons. The summed E-state index contributed by atoms with van der Waals surface area (Å²) in [5.41, 5.74) is -0.0906. The second kappa shape index (κ2) is 2.81. The normalized spacial score (nSPS) is 19.2. The number of hydrogen-bond donors (Lipinski definition) is 2. The van der Waals surface area contributed by atoms with Gasteiger partial charge in [-0.05, 0) is 20.8 Å². The lowest BCUT2D eigenvalue weighted by Crippen LogP contribution is -2.54. The highest BCUT2D eigenvalue weighted by atomic mass is 16.2. The van der Waals surface area contributed by atoms with Crippen LogP contribution in [-0.2, 0) is 4.79 Å². The van der Waals surface area contributed by atoms with Crippen LogP contribution in [0.5, 0.6) is 0 Å². The Morgan fingerprint density at radius 3 is 2.27 bits per heavy atom. The van der Waals surface area contributed by atoms with Crippen LogP contribution in [0.2, 0.25) is 0 Å². The molecule has 3 nitrogen and oxygen atoms in total. The Morgan fingerprint density at radius 1 is 1.45 bits per heavy atom. The van der Waals surface area contributed by atoms with E-state index in [1.807, 2.05) is 20.8 Å². The molecule has 0 aromatic heterocycles. The summed E-state index contributed by atoms with van der Waals surface area (Å²) in [6, 6.07) is 0. The third-order valence-corrected chi connectivity index (χ3v) is 1.65. The molecule has 0 atom stereocenters. The third kappa shape index (κ3) is 2.50. The molecule has 0 unspecified atom stereocenters. The predicted octanol–water partition coefficient (Wildman–Crippen LogP) is 0.120. The van der Waals surface area contributed by atoms with Crippen LogP contribution in [0.25, 0.3) is 0 Å². The SMILES string of the molecule is CC(C)(C)NC(=O)C1CNC1. The highest BCUT2D eigenvalue weighted by Gasteiger charge is 2.27. The Labute approximate surface area is 67.5 Å². The first-order valence-corrected chi connectivity index (χ1v) is 4.02. The van der Waals surface area contributed by atoms with Crippen molar-refractivity contribution in [2.45, 2.75) is 26.3 Å². The van der Waals surface area contributed by atoms with Gasteiger partial charge in [-0.2, -0.15) is 0 Å². The van der Waals surface area contributed by atoms with E-state index in [0.717, 1.165) is 13.1 Å². The Bertz CT molecular complexity index is 156. The zero-order valence-electron chi connectivity index (χ0n) is 7.40. The van der Waals surface area contributed by atoms with Crippen LogP contribution in [0.15, 0.2) is 0 Å². The Balaban J connectivity index is 2.31. The summed E-state index contributed by atoms with van der Waals surface area (Å²) >= 11 is 0. The van der Waals surface area contributed by atoms with Gasteiger partial charge < -0.3 is 10.6 Å². The maximum Gasteiger partial charge on any atom is 0.226 e. The van der Waals surface area contributed by atoms with Crippen LogP contribution >= 0.6 is 0 Å². The number of rotatable bonds is 1. The standard InChI is InChI=1S/C8H16N2O/c1-8(2,3)10-7(11)6-4-9-5-6/h6,9H,4-5H2,1-3H3,(H,10,11). The zero-order valence-corrected chi connectivity index (χ0v) is 7.40. The van der Waals surface area contributed by atoms with Gasteiger partial charge in [-0.1, -0.05) is 0 Å². The van der Waals surface area contributed by atoms with Crippen molar-refractivity contribution in [3.63, 3.8) is 0 Å². The van der Waals surface area contributed by atoms with Gasteiger partial charge in [0.1, 0.15) is 0 Å². The van der Waals surface area contributed by atoms with E-state index in [0.29, 0.717) is 0 Å². The molecule has 2 N–H and O–H groups in total. The lowest BCUT2D eigenvalue weighted by Gasteiger charge is -2.30. The molecule has 1 heterocycles. The molecule has 1 rings (SSSR count). The molecule has 3 heteroatoms. The highest BCUT2D eigenvalue weighted by Crippen LogP contribution is 2.06. The van der Waals surface area contributed by atoms with Crippen molar-refractivity contribution < 1.29 is 4.79 Å². The molecule has 1 fully saturated rings. The third-order valence-electron chi connectivity index (χ3n) is 1.65. The molecular weight excluding hydrogens is 140 g/mol. The highest BCUT2D eigenvalue weighted by molar-refractivity contribution is 5.80. The van der Waals surface area contributed by atoms with Gasteiger partial charge in [-0.25, -0.2) is 0 Å². The summed E-state index contributed by atoms with van der Waals surface area (Å²) in [4.78, 5) is 11.3. The average Bonchev–Trinajstić information content (AvgIpc) is 1.50. The molecule has 1 saturated heterocycles. The summed E-state index contributed by atoms with van der Waals surface area (Å²) in [6.07, 6.45) is 0. The number of amides is 1. The van der Waals surface area contributed by atoms with Crippen molar-refractivity contribution in [2.24, 2.45) is 5.92 Å². The summed E-state index contributed by atoms with van der Waals surface area (Å²) in [5, 5.41) is 6.01. The summed E-state index contributed by atoms with van der Waals surface area (Å²) in [7, 11) is 0. The van der Waals surface area contributed by atoms with Crippen LogP contribution in [0, 0.1) is 5.92 Å². The smallest absolute Gasteiger partial charge is 0.226 e. The minimum atomic E-state index is -0.0906. The van der Waals surface area contributed by atoms with E-state index in [1.165, 1.54) is 0 Å². The van der Waals surface area contributed by atoms with Crippen molar-refractivity contribution in [1.82, 2.24) is 10.6 Å². The van der Waals surface area contributed by atoms with E-state index in [9.17, 15) is 4.79 Å². The molecule has 11 heavy (non-hydrogen) atoms. The molecule has 0 aromatic carbocycles. The topological polar surface area (TPSA) is 41.1 Å². The fourth-order valence-electron chi connectivity index (χ4n) is 0.946. The van der Waals surface area contributed by atoms with Gasteiger partial charge >= 0.3 is 0 Å². The lowest BCUT2D eigenvalue weighted by atomic mass is 10.0. The summed E-state index contributed by atoms with van der Waals surface area (Å²) in [5.74, 6) is 0.380. The van der Waals surface area contributed by atoms with Gasteiger partial charge in [0.2, 0.25) is 5.91 Å². The quantitative estimate of drug-likeness (QED) is 0.566. The molecule has 1 amide bonds. The first kappa shape index (κ1) is 8.53. The summed E-state index contributed by atoms with van der Waals surface area (Å²) in [6.45, 7) is 7.66. The van der Waals surface area contributed by atoms with E-state index in [-0.39, 0.29) is 17.4 Å². The maximum atomic E-state index is 11.3. The molecule has 0 bridgehead atoms. The van der Waals surface area contributed by atoms with Gasteiger partial charge in [-0.15, -0.1) is 0 Å². The average molecular weight is 156 g/mol. The van der Waals surface area contributed by atoms with Crippen molar-refractivity contribution in [3.8, 4) is 0 Å². The number of hydrogen-bond acceptors (Lipinski definition) is 2. The Morgan fingerprint density at radius 2 is 2.00 bits per heavy atom. The molecular formula is C8H16N2O. The van der Waals surface area contributed by atoms with E-state index >= 15 is 0 Å². The van der Waals surface area contributed by atoms with Crippen LogP contribution < -0.4 is 10.6 Å². The van der Waals surface area contributed by atoms with Crippen LogP contribution in [-0.4, -0.2) is 24.5 Å². The Hall–Kier alpha value is -0.570. The van der Waals surface area contributed by atoms with Crippen LogP contribution in [0.1, 0.15) is 20.8 Å². The van der Waals surface area contributed by atoms with Crippen LogP contribution in [0.4, 0.5) is 0 Å². The van der Waals surface area contributed by atoms with Gasteiger partial charge in [0.05, 0.1) is 5.92 Å². The number of nitrogens with one attached hydrogen (secondary N) is 2. The Kier molecular flexibility index (Phi) is 2.18. The van der Waals surface area contributed by atoms with Crippen molar-refractivity contribution in [2.75, 3.05) is 13.1 Å². The molecule has 0 saturated carbocycles. The lowest BCUT2D eigenvalue weighted by molar-refractivity contribution is -0.127. The minimum Gasteiger partial charge on any atom is -0.351 e. The monoisotopic (exact) mass is 156 g/mol. The first-order chi connectivity index (χ1) is 4.99. The van der Waals surface area contributed by atoms with Gasteiger partial charge in [0.25, 0.3) is 0 Å². The first-order valence-electron chi connectivity index (χ1n) is 4.02. The zero-order chi connectivity index (χ0) is 8.48. The number of carbonyl (C=O) groups is 1. The molecule has 1 aliphatic heterocycles. The molecule has 0 spiro atoms. The second-order valence-electron chi connectivity index (χ2n) is 4.09. The van der Waals surface area contributed by atoms with E-state index in [2.05, 4.69) is 10.6 Å². The van der Waals surface area contributed by atoms with Crippen molar-refractivity contribution >= 4 is 5.91 Å². The molecule has 1 aliphatic rings. The van der Waals surface area contributed by atoms with Gasteiger partial charge in [0.15, 0.2) is 0 Å². The van der Waals surface area contributed by atoms with Crippen molar-refractivity contribution in [3.05, 3.63) is 0 Å². The molecule has 0 aliphatic carbocycles. The fourth-order valence-corrected chi connectivity index (χ4v) is 0.946.